The van der Waals surface area contributed by atoms with Gasteiger partial charge in [-0.05, 0) is 61.9 Å². The van der Waals surface area contributed by atoms with Gasteiger partial charge in [0, 0.05) is 24.1 Å². The van der Waals surface area contributed by atoms with Crippen LogP contribution in [0.1, 0.15) is 55.5 Å². The zero-order valence-corrected chi connectivity index (χ0v) is 21.0. The first kappa shape index (κ1) is 25.2. The number of hydrogen-bond acceptors (Lipinski definition) is 8. The Bertz CT molecular complexity index is 1360. The molecular weight excluding hydrogens is 498 g/mol. The van der Waals surface area contributed by atoms with Gasteiger partial charge in [-0.25, -0.2) is 9.71 Å². The van der Waals surface area contributed by atoms with Crippen molar-refractivity contribution in [2.75, 3.05) is 13.7 Å². The van der Waals surface area contributed by atoms with Crippen LogP contribution in [0.15, 0.2) is 44.3 Å². The van der Waals surface area contributed by atoms with Gasteiger partial charge in [0.2, 0.25) is 5.09 Å². The maximum absolute atomic E-state index is 12.6. The lowest BCUT2D eigenvalue weighted by Gasteiger charge is -2.45. The molecular formula is C23H26ClN3O7S. The molecule has 0 saturated heterocycles. The Morgan fingerprint density at radius 3 is 2.71 bits per heavy atom. The first-order valence-corrected chi connectivity index (χ1v) is 12.9. The molecule has 2 aromatic heterocycles. The van der Waals surface area contributed by atoms with Crippen molar-refractivity contribution in [2.45, 2.75) is 50.2 Å². The fourth-order valence-electron chi connectivity index (χ4n) is 4.60. The smallest absolute Gasteiger partial charge is 0.297 e. The number of rotatable bonds is 9. The van der Waals surface area contributed by atoms with E-state index in [1.807, 2.05) is 13.0 Å². The number of hydrogen-bond donors (Lipinski definition) is 2. The largest absolute Gasteiger partial charge is 0.440 e. The predicted molar refractivity (Wildman–Crippen MR) is 127 cm³/mol. The number of sulfonamides is 1. The quantitative estimate of drug-likeness (QED) is 0.433. The number of methoxy groups -OCH3 is 1. The van der Waals surface area contributed by atoms with Crippen molar-refractivity contribution in [3.05, 3.63) is 47.0 Å². The van der Waals surface area contributed by atoms with Crippen LogP contribution in [-0.2, 0) is 19.6 Å². The number of carbonyl (C=O) groups excluding carboxylic acids is 2. The van der Waals surface area contributed by atoms with Crippen LogP contribution in [0.5, 0.6) is 0 Å². The number of amides is 2. The summed E-state index contributed by atoms with van der Waals surface area (Å²) in [5.41, 5.74) is 1.43. The van der Waals surface area contributed by atoms with Gasteiger partial charge in [0.05, 0.1) is 0 Å². The number of benzene rings is 1. The lowest BCUT2D eigenvalue weighted by Crippen LogP contribution is -2.41. The molecule has 12 heteroatoms. The summed E-state index contributed by atoms with van der Waals surface area (Å²) in [6, 6.07) is 7.53. The van der Waals surface area contributed by atoms with Crippen LogP contribution >= 0.6 is 11.6 Å². The summed E-state index contributed by atoms with van der Waals surface area (Å²) < 4.78 is 41.9. The van der Waals surface area contributed by atoms with Crippen LogP contribution in [0, 0.1) is 5.41 Å². The SMILES string of the molecule is COCC(=O)NS(=O)(=O)c1ccc(C(=O)N[C@@H](C)CC2(C)CC(c3nc4cc(Cl)ccc4o3)C2)o1. The van der Waals surface area contributed by atoms with Gasteiger partial charge in [-0.3, -0.25) is 9.59 Å². The fraction of sp³-hybridized carbons (Fsp3) is 0.435. The van der Waals surface area contributed by atoms with Gasteiger partial charge in [0.1, 0.15) is 12.1 Å². The molecule has 0 aliphatic heterocycles. The highest BCUT2D eigenvalue weighted by molar-refractivity contribution is 7.89. The standard InChI is InChI=1S/C23H26ClN3O7S/c1-13(25-21(29)18-6-7-20(33-18)35(30,31)27-19(28)12-32-3)9-23(2)10-14(11-23)22-26-16-8-15(24)4-5-17(16)34-22/h4-8,13-14H,9-12H2,1-3H3,(H,25,29)(H,27,28)/t13-,14?,23?/m0/s1. The summed E-state index contributed by atoms with van der Waals surface area (Å²) in [4.78, 5) is 28.7. The van der Waals surface area contributed by atoms with E-state index in [-0.39, 0.29) is 23.1 Å². The number of fused-ring (bicyclic) bond motifs is 1. The Hall–Kier alpha value is -2.89. The molecule has 1 saturated carbocycles. The third-order valence-corrected chi connectivity index (χ3v) is 7.44. The monoisotopic (exact) mass is 523 g/mol. The van der Waals surface area contributed by atoms with Crippen LogP contribution in [0.25, 0.3) is 11.1 Å². The summed E-state index contributed by atoms with van der Waals surface area (Å²) in [6.45, 7) is 3.60. The summed E-state index contributed by atoms with van der Waals surface area (Å²) in [6.07, 6.45) is 2.43. The third-order valence-electron chi connectivity index (χ3n) is 5.96. The molecule has 10 nitrogen and oxygen atoms in total. The summed E-state index contributed by atoms with van der Waals surface area (Å²) >= 11 is 6.02. The molecule has 35 heavy (non-hydrogen) atoms. The number of ether oxygens (including phenoxy) is 1. The molecule has 188 valence electrons. The average Bonchev–Trinajstić information content (AvgIpc) is 3.39. The van der Waals surface area contributed by atoms with E-state index in [0.717, 1.165) is 24.4 Å². The lowest BCUT2D eigenvalue weighted by atomic mass is 9.60. The molecule has 0 bridgehead atoms. The van der Waals surface area contributed by atoms with Crippen molar-refractivity contribution < 1.29 is 31.6 Å². The number of aromatic nitrogens is 1. The van der Waals surface area contributed by atoms with Crippen molar-refractivity contribution in [3.63, 3.8) is 0 Å². The van der Waals surface area contributed by atoms with Gasteiger partial charge < -0.3 is 18.9 Å². The van der Waals surface area contributed by atoms with Crippen LogP contribution in [-0.4, -0.2) is 45.0 Å². The van der Waals surface area contributed by atoms with E-state index in [4.69, 9.17) is 20.4 Å². The Morgan fingerprint density at radius 2 is 2.00 bits per heavy atom. The van der Waals surface area contributed by atoms with Crippen LogP contribution in [0.3, 0.4) is 0 Å². The van der Waals surface area contributed by atoms with E-state index in [0.29, 0.717) is 22.9 Å². The Balaban J connectivity index is 1.31. The van der Waals surface area contributed by atoms with Gasteiger partial charge in [0.25, 0.3) is 21.8 Å². The molecule has 2 heterocycles. The highest BCUT2D eigenvalue weighted by atomic mass is 35.5. The predicted octanol–water partition coefficient (Wildman–Crippen LogP) is 3.62. The van der Waals surface area contributed by atoms with E-state index in [9.17, 15) is 18.0 Å². The molecule has 2 N–H and O–H groups in total. The van der Waals surface area contributed by atoms with E-state index < -0.39 is 33.5 Å². The number of nitrogens with zero attached hydrogens (tertiary/aromatic N) is 1. The second kappa shape index (κ2) is 9.63. The van der Waals surface area contributed by atoms with E-state index in [1.165, 1.54) is 13.2 Å². The number of carbonyl (C=O) groups is 2. The normalized spacial score (nSPS) is 20.9. The van der Waals surface area contributed by atoms with Gasteiger partial charge >= 0.3 is 0 Å². The van der Waals surface area contributed by atoms with Crippen molar-refractivity contribution in [1.29, 1.82) is 0 Å². The second-order valence-corrected chi connectivity index (χ2v) is 11.3. The van der Waals surface area contributed by atoms with Crippen LogP contribution < -0.4 is 10.0 Å². The average molecular weight is 524 g/mol. The molecule has 0 spiro atoms. The van der Waals surface area contributed by atoms with Gasteiger partial charge in [-0.2, -0.15) is 8.42 Å². The Kier molecular flexibility index (Phi) is 6.94. The highest BCUT2D eigenvalue weighted by Gasteiger charge is 2.44. The molecule has 1 fully saturated rings. The topological polar surface area (TPSA) is 141 Å². The lowest BCUT2D eigenvalue weighted by molar-refractivity contribution is -0.122. The molecule has 0 radical (unpaired) electrons. The maximum Gasteiger partial charge on any atom is 0.297 e. The molecule has 2 amide bonds. The minimum absolute atomic E-state index is 0.0149. The summed E-state index contributed by atoms with van der Waals surface area (Å²) in [7, 11) is -2.98. The summed E-state index contributed by atoms with van der Waals surface area (Å²) in [5, 5.41) is 2.91. The van der Waals surface area contributed by atoms with Crippen molar-refractivity contribution in [1.82, 2.24) is 15.0 Å². The van der Waals surface area contributed by atoms with E-state index in [1.54, 1.807) is 16.9 Å². The van der Waals surface area contributed by atoms with Crippen LogP contribution in [0.4, 0.5) is 0 Å². The number of nitrogens with one attached hydrogen (secondary N) is 2. The van der Waals surface area contributed by atoms with E-state index >= 15 is 0 Å². The minimum atomic E-state index is -4.24. The Labute approximate surface area is 207 Å². The fourth-order valence-corrected chi connectivity index (χ4v) is 5.67. The molecule has 4 rings (SSSR count). The number of furan rings is 1. The number of oxazole rings is 1. The first-order chi connectivity index (χ1) is 16.5. The van der Waals surface area contributed by atoms with Gasteiger partial charge in [0.15, 0.2) is 17.2 Å². The van der Waals surface area contributed by atoms with Crippen molar-refractivity contribution in [3.8, 4) is 0 Å². The molecule has 3 aromatic rings. The zero-order valence-electron chi connectivity index (χ0n) is 19.5. The number of halogens is 1. The molecule has 0 unspecified atom stereocenters. The Morgan fingerprint density at radius 1 is 1.26 bits per heavy atom. The highest BCUT2D eigenvalue weighted by Crippen LogP contribution is 2.53. The van der Waals surface area contributed by atoms with E-state index in [2.05, 4.69) is 22.0 Å². The molecule has 1 aliphatic rings. The molecule has 1 atom stereocenters. The van der Waals surface area contributed by atoms with Crippen molar-refractivity contribution >= 4 is 44.5 Å². The second-order valence-electron chi connectivity index (χ2n) is 9.24. The van der Waals surface area contributed by atoms with Crippen molar-refractivity contribution in [2.24, 2.45) is 5.41 Å². The zero-order chi connectivity index (χ0) is 25.4. The van der Waals surface area contributed by atoms with Gasteiger partial charge in [-0.1, -0.05) is 18.5 Å². The first-order valence-electron chi connectivity index (χ1n) is 11.0. The summed E-state index contributed by atoms with van der Waals surface area (Å²) in [5.74, 6) is -0.675. The molecule has 1 aliphatic carbocycles. The maximum atomic E-state index is 12.6. The molecule has 1 aromatic carbocycles. The third kappa shape index (κ3) is 5.68. The minimum Gasteiger partial charge on any atom is -0.440 e. The van der Waals surface area contributed by atoms with Gasteiger partial charge in [-0.15, -0.1) is 0 Å². The van der Waals surface area contributed by atoms with Crippen LogP contribution in [0.2, 0.25) is 5.02 Å².